The first-order valence-electron chi connectivity index (χ1n) is 9.20. The van der Waals surface area contributed by atoms with Crippen molar-refractivity contribution in [2.45, 2.75) is 56.1 Å². The monoisotopic (exact) mass is 406 g/mol. The van der Waals surface area contributed by atoms with Crippen LogP contribution in [0.2, 0.25) is 0 Å². The summed E-state index contributed by atoms with van der Waals surface area (Å²) in [6, 6.07) is 5.27. The molecule has 0 aliphatic heterocycles. The van der Waals surface area contributed by atoms with Crippen LogP contribution in [-0.4, -0.2) is 43.9 Å². The molecule has 1 unspecified atom stereocenters. The maximum absolute atomic E-state index is 11.7. The van der Waals surface area contributed by atoms with Crippen LogP contribution in [0.25, 0.3) is 0 Å². The molecule has 3 rings (SSSR count). The Morgan fingerprint density at radius 2 is 2.14 bits per heavy atom. The molecule has 10 heteroatoms. The molecule has 1 amide bonds. The number of carbonyl (C=O) groups is 1. The van der Waals surface area contributed by atoms with Gasteiger partial charge in [0.2, 0.25) is 0 Å². The lowest BCUT2D eigenvalue weighted by atomic mass is 10.0. The van der Waals surface area contributed by atoms with E-state index >= 15 is 0 Å². The maximum atomic E-state index is 11.7. The standard InChI is InChI=1S/C18H26N6O3S/c1-11(2)21-18(25)27-13-5-4-12(8-13)15-9-17(24-23-15)22-16-7-6-14(10-20-16)28(3,19)26/h6-7,9-13,19H,4-5,8H2,1-3H3,(H,21,25)(H2,20,22,23,24)/t12-,13+,28?/m0/s1. The van der Waals surface area contributed by atoms with Gasteiger partial charge in [-0.3, -0.25) is 5.10 Å². The van der Waals surface area contributed by atoms with Crippen molar-refractivity contribution >= 4 is 27.5 Å². The van der Waals surface area contributed by atoms with E-state index in [0.29, 0.717) is 16.5 Å². The third-order valence-corrected chi connectivity index (χ3v) is 5.69. The minimum atomic E-state index is -2.77. The van der Waals surface area contributed by atoms with Gasteiger partial charge in [-0.1, -0.05) is 0 Å². The molecule has 28 heavy (non-hydrogen) atoms. The number of hydrogen-bond acceptors (Lipinski definition) is 7. The summed E-state index contributed by atoms with van der Waals surface area (Å²) in [7, 11) is -2.77. The van der Waals surface area contributed by atoms with E-state index < -0.39 is 9.73 Å². The number of rotatable bonds is 6. The van der Waals surface area contributed by atoms with Gasteiger partial charge in [0.1, 0.15) is 11.9 Å². The Hall–Kier alpha value is -2.62. The largest absolute Gasteiger partial charge is 0.446 e. The van der Waals surface area contributed by atoms with Gasteiger partial charge < -0.3 is 15.4 Å². The molecule has 4 N–H and O–H groups in total. The van der Waals surface area contributed by atoms with Crippen molar-refractivity contribution in [2.24, 2.45) is 0 Å². The number of nitrogens with one attached hydrogen (secondary N) is 4. The molecule has 152 valence electrons. The fraction of sp³-hybridized carbons (Fsp3) is 0.500. The Morgan fingerprint density at radius 1 is 1.36 bits per heavy atom. The average molecular weight is 407 g/mol. The van der Waals surface area contributed by atoms with Crippen LogP contribution < -0.4 is 10.6 Å². The van der Waals surface area contributed by atoms with E-state index in [1.165, 1.54) is 12.5 Å². The van der Waals surface area contributed by atoms with Gasteiger partial charge in [-0.25, -0.2) is 18.8 Å². The van der Waals surface area contributed by atoms with Gasteiger partial charge in [0, 0.05) is 36.2 Å². The highest BCUT2D eigenvalue weighted by Gasteiger charge is 2.30. The minimum absolute atomic E-state index is 0.0542. The number of nitrogens with zero attached hydrogens (tertiary/aromatic N) is 2. The summed E-state index contributed by atoms with van der Waals surface area (Å²) in [5, 5.41) is 13.1. The third kappa shape index (κ3) is 5.22. The van der Waals surface area contributed by atoms with Crippen LogP contribution in [0.3, 0.4) is 0 Å². The Morgan fingerprint density at radius 3 is 2.79 bits per heavy atom. The zero-order chi connectivity index (χ0) is 20.3. The topological polar surface area (TPSA) is 133 Å². The lowest BCUT2D eigenvalue weighted by molar-refractivity contribution is 0.0981. The maximum Gasteiger partial charge on any atom is 0.407 e. The Kier molecular flexibility index (Phi) is 5.87. The summed E-state index contributed by atoms with van der Waals surface area (Å²) in [6.07, 6.45) is 4.84. The highest BCUT2D eigenvalue weighted by atomic mass is 32.2. The second kappa shape index (κ2) is 8.17. The number of aromatic nitrogens is 3. The van der Waals surface area contributed by atoms with Crippen LogP contribution >= 0.6 is 0 Å². The second-order valence-corrected chi connectivity index (χ2v) is 9.55. The van der Waals surface area contributed by atoms with Gasteiger partial charge in [-0.15, -0.1) is 0 Å². The summed E-state index contributed by atoms with van der Waals surface area (Å²) >= 11 is 0. The SMILES string of the molecule is CC(C)NC(=O)O[C@@H]1CC[C@H](c2cc(Nc3ccc(S(C)(=N)=O)cn3)n[nH]2)C1. The van der Waals surface area contributed by atoms with Gasteiger partial charge in [-0.05, 0) is 45.2 Å². The first-order chi connectivity index (χ1) is 13.2. The van der Waals surface area contributed by atoms with Crippen molar-refractivity contribution in [2.75, 3.05) is 11.6 Å². The summed E-state index contributed by atoms with van der Waals surface area (Å²) in [5.41, 5.74) is 0.984. The Balaban J connectivity index is 1.56. The molecule has 2 heterocycles. The molecular weight excluding hydrogens is 380 g/mol. The van der Waals surface area contributed by atoms with Gasteiger partial charge in [0.15, 0.2) is 5.82 Å². The molecule has 2 aromatic rings. The smallest absolute Gasteiger partial charge is 0.407 e. The van der Waals surface area contributed by atoms with Crippen molar-refractivity contribution in [3.8, 4) is 0 Å². The molecule has 0 bridgehead atoms. The third-order valence-electron chi connectivity index (χ3n) is 4.54. The van der Waals surface area contributed by atoms with Crippen molar-refractivity contribution in [3.05, 3.63) is 30.1 Å². The van der Waals surface area contributed by atoms with Crippen LogP contribution in [0.1, 0.15) is 44.7 Å². The van der Waals surface area contributed by atoms with E-state index in [9.17, 15) is 9.00 Å². The number of hydrogen-bond donors (Lipinski definition) is 4. The average Bonchev–Trinajstić information content (AvgIpc) is 3.23. The number of amides is 1. The van der Waals surface area contributed by atoms with Crippen LogP contribution in [0.15, 0.2) is 29.3 Å². The first kappa shape index (κ1) is 20.1. The second-order valence-electron chi connectivity index (χ2n) is 7.39. The zero-order valence-electron chi connectivity index (χ0n) is 16.2. The first-order valence-corrected chi connectivity index (χ1v) is 11.2. The summed E-state index contributed by atoms with van der Waals surface area (Å²) in [5.74, 6) is 1.44. The van der Waals surface area contributed by atoms with E-state index in [4.69, 9.17) is 9.52 Å². The predicted octanol–water partition coefficient (Wildman–Crippen LogP) is 3.35. The van der Waals surface area contributed by atoms with Gasteiger partial charge >= 0.3 is 6.09 Å². The van der Waals surface area contributed by atoms with Crippen molar-refractivity contribution < 1.29 is 13.7 Å². The van der Waals surface area contributed by atoms with E-state index in [0.717, 1.165) is 25.0 Å². The molecular formula is C18H26N6O3S. The molecule has 9 nitrogen and oxygen atoms in total. The normalized spacial score (nSPS) is 21.3. The number of carbonyl (C=O) groups excluding carboxylic acids is 1. The van der Waals surface area contributed by atoms with Crippen LogP contribution in [0, 0.1) is 4.78 Å². The summed E-state index contributed by atoms with van der Waals surface area (Å²) in [4.78, 5) is 16.3. The number of aromatic amines is 1. The summed E-state index contributed by atoms with van der Waals surface area (Å²) in [6.45, 7) is 3.79. The number of ether oxygens (including phenoxy) is 1. The number of H-pyrrole nitrogens is 1. The van der Waals surface area contributed by atoms with Crippen LogP contribution in [0.5, 0.6) is 0 Å². The van der Waals surface area contributed by atoms with Gasteiger partial charge in [0.25, 0.3) is 0 Å². The lowest BCUT2D eigenvalue weighted by Crippen LogP contribution is -2.33. The number of anilines is 2. The molecule has 0 aromatic carbocycles. The molecule has 0 spiro atoms. The molecule has 0 radical (unpaired) electrons. The fourth-order valence-electron chi connectivity index (χ4n) is 3.18. The molecule has 1 aliphatic rings. The zero-order valence-corrected chi connectivity index (χ0v) is 17.0. The fourth-order valence-corrected chi connectivity index (χ4v) is 3.76. The number of pyridine rings is 1. The molecule has 1 aliphatic carbocycles. The Bertz CT molecular complexity index is 923. The molecule has 2 aromatic heterocycles. The molecule has 0 saturated heterocycles. The molecule has 1 fully saturated rings. The van der Waals surface area contributed by atoms with E-state index in [1.54, 1.807) is 12.1 Å². The minimum Gasteiger partial charge on any atom is -0.446 e. The van der Waals surface area contributed by atoms with Gasteiger partial charge in [-0.2, -0.15) is 5.10 Å². The lowest BCUT2D eigenvalue weighted by Gasteiger charge is -2.14. The summed E-state index contributed by atoms with van der Waals surface area (Å²) < 4.78 is 24.7. The molecule has 3 atom stereocenters. The van der Waals surface area contributed by atoms with Crippen molar-refractivity contribution in [3.63, 3.8) is 0 Å². The Labute approximate surface area is 164 Å². The van der Waals surface area contributed by atoms with E-state index in [2.05, 4.69) is 25.8 Å². The highest BCUT2D eigenvalue weighted by Crippen LogP contribution is 2.36. The van der Waals surface area contributed by atoms with Crippen molar-refractivity contribution in [1.82, 2.24) is 20.5 Å². The van der Waals surface area contributed by atoms with Crippen LogP contribution in [-0.2, 0) is 14.5 Å². The highest BCUT2D eigenvalue weighted by molar-refractivity contribution is 7.91. The van der Waals surface area contributed by atoms with Gasteiger partial charge in [0.05, 0.1) is 14.6 Å². The predicted molar refractivity (Wildman–Crippen MR) is 106 cm³/mol. The van der Waals surface area contributed by atoms with Crippen molar-refractivity contribution in [1.29, 1.82) is 4.78 Å². The van der Waals surface area contributed by atoms with E-state index in [-0.39, 0.29) is 24.2 Å². The van der Waals surface area contributed by atoms with Crippen LogP contribution in [0.4, 0.5) is 16.4 Å². The molecule has 1 saturated carbocycles. The quantitative estimate of drug-likeness (QED) is 0.581. The van der Waals surface area contributed by atoms with E-state index in [1.807, 2.05) is 19.9 Å². The number of alkyl carbamates (subject to hydrolysis) is 1.